The largest absolute Gasteiger partial charge is 0.476 e. The van der Waals surface area contributed by atoms with E-state index in [2.05, 4.69) is 9.97 Å². The van der Waals surface area contributed by atoms with Gasteiger partial charge in [0.25, 0.3) is 0 Å². The van der Waals surface area contributed by atoms with Gasteiger partial charge in [0.15, 0.2) is 11.4 Å². The first-order chi connectivity index (χ1) is 9.47. The molecular formula is C14H13ClN2O3. The van der Waals surface area contributed by atoms with Crippen molar-refractivity contribution in [2.24, 2.45) is 0 Å². The summed E-state index contributed by atoms with van der Waals surface area (Å²) in [6.07, 6.45) is 1.38. The maximum atomic E-state index is 11.2. The van der Waals surface area contributed by atoms with Crippen LogP contribution in [0.2, 0.25) is 5.02 Å². The maximum absolute atomic E-state index is 11.2. The van der Waals surface area contributed by atoms with Crippen molar-refractivity contribution in [2.45, 2.75) is 19.8 Å². The second-order valence-corrected chi connectivity index (χ2v) is 4.89. The lowest BCUT2D eigenvalue weighted by Gasteiger charge is -2.10. The van der Waals surface area contributed by atoms with E-state index in [4.69, 9.17) is 16.3 Å². The number of hydrogen-bond acceptors (Lipinski definition) is 4. The fourth-order valence-corrected chi connectivity index (χ4v) is 1.65. The first-order valence-electron chi connectivity index (χ1n) is 6.01. The summed E-state index contributed by atoms with van der Waals surface area (Å²) in [7, 11) is 0. The molecule has 0 amide bonds. The van der Waals surface area contributed by atoms with Crippen LogP contribution in [-0.4, -0.2) is 21.0 Å². The average molecular weight is 293 g/mol. The molecule has 0 spiro atoms. The summed E-state index contributed by atoms with van der Waals surface area (Å²) in [5, 5.41) is 9.77. The summed E-state index contributed by atoms with van der Waals surface area (Å²) >= 11 is 5.78. The van der Waals surface area contributed by atoms with Gasteiger partial charge in [-0.3, -0.25) is 0 Å². The van der Waals surface area contributed by atoms with E-state index in [0.717, 1.165) is 0 Å². The minimum absolute atomic E-state index is 0.0395. The summed E-state index contributed by atoms with van der Waals surface area (Å²) in [6, 6.07) is 6.59. The molecule has 0 bridgehead atoms. The number of ether oxygens (including phenoxy) is 1. The quantitative estimate of drug-likeness (QED) is 0.929. The van der Waals surface area contributed by atoms with Gasteiger partial charge in [0.05, 0.1) is 6.20 Å². The summed E-state index contributed by atoms with van der Waals surface area (Å²) in [5.74, 6) is -0.0798. The molecular weight excluding hydrogens is 280 g/mol. The molecule has 0 aliphatic heterocycles. The number of halogens is 1. The van der Waals surface area contributed by atoms with E-state index in [1.165, 1.54) is 6.20 Å². The van der Waals surface area contributed by atoms with Crippen molar-refractivity contribution in [3.63, 3.8) is 0 Å². The van der Waals surface area contributed by atoms with Crippen LogP contribution in [0.5, 0.6) is 11.5 Å². The van der Waals surface area contributed by atoms with E-state index < -0.39 is 5.97 Å². The van der Waals surface area contributed by atoms with Gasteiger partial charge in [0.2, 0.25) is 0 Å². The third-order valence-electron chi connectivity index (χ3n) is 2.53. The Morgan fingerprint density at radius 3 is 2.50 bits per heavy atom. The van der Waals surface area contributed by atoms with Crippen molar-refractivity contribution in [3.05, 3.63) is 47.0 Å². The molecule has 0 unspecified atom stereocenters. The lowest BCUT2D eigenvalue weighted by atomic mass is 10.2. The molecule has 1 aromatic carbocycles. The Morgan fingerprint density at radius 2 is 1.95 bits per heavy atom. The monoisotopic (exact) mass is 292 g/mol. The van der Waals surface area contributed by atoms with Crippen LogP contribution >= 0.6 is 11.6 Å². The molecule has 5 nitrogen and oxygen atoms in total. The van der Waals surface area contributed by atoms with Gasteiger partial charge in [-0.1, -0.05) is 25.4 Å². The van der Waals surface area contributed by atoms with Gasteiger partial charge in [-0.25, -0.2) is 14.8 Å². The van der Waals surface area contributed by atoms with Crippen molar-refractivity contribution in [2.75, 3.05) is 0 Å². The highest BCUT2D eigenvalue weighted by Gasteiger charge is 2.17. The van der Waals surface area contributed by atoms with Crippen LogP contribution in [0.4, 0.5) is 0 Å². The lowest BCUT2D eigenvalue weighted by molar-refractivity contribution is 0.0686. The van der Waals surface area contributed by atoms with Gasteiger partial charge in [-0.15, -0.1) is 0 Å². The molecule has 0 aliphatic carbocycles. The topological polar surface area (TPSA) is 72.3 Å². The second-order valence-electron chi connectivity index (χ2n) is 4.46. The van der Waals surface area contributed by atoms with Crippen LogP contribution < -0.4 is 4.74 Å². The number of aromatic carboxylic acids is 1. The van der Waals surface area contributed by atoms with E-state index in [1.807, 2.05) is 13.8 Å². The van der Waals surface area contributed by atoms with Gasteiger partial charge in [0, 0.05) is 10.9 Å². The van der Waals surface area contributed by atoms with Crippen molar-refractivity contribution in [1.82, 2.24) is 9.97 Å². The molecule has 1 aromatic heterocycles. The van der Waals surface area contributed by atoms with Crippen molar-refractivity contribution in [1.29, 1.82) is 0 Å². The molecule has 1 heterocycles. The van der Waals surface area contributed by atoms with Crippen LogP contribution in [0.25, 0.3) is 0 Å². The van der Waals surface area contributed by atoms with Crippen LogP contribution in [-0.2, 0) is 0 Å². The molecule has 2 aromatic rings. The smallest absolute Gasteiger partial charge is 0.358 e. The highest BCUT2D eigenvalue weighted by molar-refractivity contribution is 6.30. The SMILES string of the molecule is CC(C)c1ncc(Oc2ccc(Cl)cc2)c(C(=O)O)n1. The summed E-state index contributed by atoms with van der Waals surface area (Å²) in [4.78, 5) is 19.4. The van der Waals surface area contributed by atoms with E-state index in [9.17, 15) is 9.90 Å². The predicted molar refractivity (Wildman–Crippen MR) is 74.6 cm³/mol. The van der Waals surface area contributed by atoms with Crippen molar-refractivity contribution < 1.29 is 14.6 Å². The molecule has 0 radical (unpaired) electrons. The molecule has 0 atom stereocenters. The minimum atomic E-state index is -1.15. The highest BCUT2D eigenvalue weighted by atomic mass is 35.5. The van der Waals surface area contributed by atoms with Crippen LogP contribution in [0.15, 0.2) is 30.5 Å². The number of benzene rings is 1. The first-order valence-corrected chi connectivity index (χ1v) is 6.39. The zero-order chi connectivity index (χ0) is 14.7. The highest BCUT2D eigenvalue weighted by Crippen LogP contribution is 2.26. The molecule has 104 valence electrons. The van der Waals surface area contributed by atoms with Crippen LogP contribution in [0.1, 0.15) is 36.1 Å². The van der Waals surface area contributed by atoms with Crippen molar-refractivity contribution >= 4 is 17.6 Å². The molecule has 0 fully saturated rings. The number of carbonyl (C=O) groups is 1. The lowest BCUT2D eigenvalue weighted by Crippen LogP contribution is -2.08. The second kappa shape index (κ2) is 5.88. The normalized spacial score (nSPS) is 10.6. The Balaban J connectivity index is 2.35. The van der Waals surface area contributed by atoms with E-state index in [1.54, 1.807) is 24.3 Å². The summed E-state index contributed by atoms with van der Waals surface area (Å²) < 4.78 is 5.50. The number of carboxylic acid groups (broad SMARTS) is 1. The predicted octanol–water partition coefficient (Wildman–Crippen LogP) is 3.74. The molecule has 1 N–H and O–H groups in total. The van der Waals surface area contributed by atoms with Crippen molar-refractivity contribution in [3.8, 4) is 11.5 Å². The number of hydrogen-bond donors (Lipinski definition) is 1. The molecule has 0 saturated carbocycles. The molecule has 0 aliphatic rings. The fraction of sp³-hybridized carbons (Fsp3) is 0.214. The zero-order valence-corrected chi connectivity index (χ0v) is 11.8. The van der Waals surface area contributed by atoms with Crippen LogP contribution in [0.3, 0.4) is 0 Å². The van der Waals surface area contributed by atoms with Gasteiger partial charge in [0.1, 0.15) is 11.6 Å². The Kier molecular flexibility index (Phi) is 4.20. The Bertz CT molecular complexity index is 627. The number of aromatic nitrogens is 2. The zero-order valence-electron chi connectivity index (χ0n) is 11.0. The van der Waals surface area contributed by atoms with E-state index >= 15 is 0 Å². The third kappa shape index (κ3) is 3.24. The van der Waals surface area contributed by atoms with Gasteiger partial charge in [-0.2, -0.15) is 0 Å². The average Bonchev–Trinajstić information content (AvgIpc) is 2.41. The fourth-order valence-electron chi connectivity index (χ4n) is 1.52. The van der Waals surface area contributed by atoms with Gasteiger partial charge in [-0.05, 0) is 24.3 Å². The first kappa shape index (κ1) is 14.3. The number of rotatable bonds is 4. The van der Waals surface area contributed by atoms with Gasteiger partial charge >= 0.3 is 5.97 Å². The molecule has 2 rings (SSSR count). The molecule has 0 saturated heterocycles. The number of carboxylic acids is 1. The Hall–Kier alpha value is -2.14. The Labute approximate surface area is 121 Å². The summed E-state index contributed by atoms with van der Waals surface area (Å²) in [5.41, 5.74) is -0.154. The summed E-state index contributed by atoms with van der Waals surface area (Å²) in [6.45, 7) is 3.78. The van der Waals surface area contributed by atoms with Gasteiger partial charge < -0.3 is 9.84 Å². The molecule has 6 heteroatoms. The minimum Gasteiger partial charge on any atom is -0.476 e. The molecule has 20 heavy (non-hydrogen) atoms. The van der Waals surface area contributed by atoms with E-state index in [0.29, 0.717) is 16.6 Å². The Morgan fingerprint density at radius 1 is 1.30 bits per heavy atom. The maximum Gasteiger partial charge on any atom is 0.358 e. The van der Waals surface area contributed by atoms with Crippen LogP contribution in [0, 0.1) is 0 Å². The standard InChI is InChI=1S/C14H13ClN2O3/c1-8(2)13-16-7-11(12(17-13)14(18)19)20-10-5-3-9(15)4-6-10/h3-8H,1-2H3,(H,18,19). The number of nitrogens with zero attached hydrogens (tertiary/aromatic N) is 2. The third-order valence-corrected chi connectivity index (χ3v) is 2.79. The van der Waals surface area contributed by atoms with E-state index in [-0.39, 0.29) is 17.4 Å².